The maximum absolute atomic E-state index is 9.58. The van der Waals surface area contributed by atoms with Crippen LogP contribution in [0.2, 0.25) is 0 Å². The molecule has 2 N–H and O–H groups in total. The second kappa shape index (κ2) is 6.50. The molecule has 0 aliphatic carbocycles. The van der Waals surface area contributed by atoms with Gasteiger partial charge in [-0.2, -0.15) is 0 Å². The number of aliphatic hydroxyl groups excluding tert-OH is 1. The number of aryl methyl sites for hydroxylation is 1. The third kappa shape index (κ3) is 3.66. The first-order valence-corrected chi connectivity index (χ1v) is 6.48. The topological polar surface area (TPSA) is 54.4 Å². The fourth-order valence-electron chi connectivity index (χ4n) is 2.03. The van der Waals surface area contributed by atoms with E-state index in [1.165, 1.54) is 0 Å². The van der Waals surface area contributed by atoms with Crippen molar-refractivity contribution in [2.24, 2.45) is 0 Å². The SMILES string of the molecule is COCC(O)CCNc1nc2ccccc2cc1C. The Morgan fingerprint density at radius 1 is 1.37 bits per heavy atom. The highest BCUT2D eigenvalue weighted by atomic mass is 16.5. The van der Waals surface area contributed by atoms with Crippen molar-refractivity contribution in [2.75, 3.05) is 25.6 Å². The molecule has 2 rings (SSSR count). The lowest BCUT2D eigenvalue weighted by Gasteiger charge is -2.12. The van der Waals surface area contributed by atoms with Crippen molar-refractivity contribution >= 4 is 16.7 Å². The highest BCUT2D eigenvalue weighted by Crippen LogP contribution is 2.19. The molecule has 4 heteroatoms. The minimum absolute atomic E-state index is 0.367. The molecule has 102 valence electrons. The molecule has 2 aromatic rings. The number of hydrogen-bond donors (Lipinski definition) is 2. The predicted molar refractivity (Wildman–Crippen MR) is 77.5 cm³/mol. The summed E-state index contributed by atoms with van der Waals surface area (Å²) in [6.07, 6.45) is 0.208. The van der Waals surface area contributed by atoms with Gasteiger partial charge in [-0.1, -0.05) is 18.2 Å². The van der Waals surface area contributed by atoms with Crippen LogP contribution in [0.25, 0.3) is 10.9 Å². The smallest absolute Gasteiger partial charge is 0.129 e. The van der Waals surface area contributed by atoms with Crippen LogP contribution in [0.4, 0.5) is 5.82 Å². The molecule has 1 heterocycles. The Balaban J connectivity index is 2.02. The van der Waals surface area contributed by atoms with Crippen LogP contribution in [0.3, 0.4) is 0 Å². The van der Waals surface area contributed by atoms with Gasteiger partial charge in [0.25, 0.3) is 0 Å². The molecule has 0 saturated carbocycles. The predicted octanol–water partition coefficient (Wildman–Crippen LogP) is 2.35. The van der Waals surface area contributed by atoms with Gasteiger partial charge in [0.05, 0.1) is 18.2 Å². The number of benzene rings is 1. The molecule has 0 aliphatic rings. The zero-order valence-corrected chi connectivity index (χ0v) is 11.4. The average molecular weight is 260 g/mol. The Kier molecular flexibility index (Phi) is 4.71. The van der Waals surface area contributed by atoms with Gasteiger partial charge >= 0.3 is 0 Å². The second-order valence-electron chi connectivity index (χ2n) is 4.67. The Labute approximate surface area is 113 Å². The van der Waals surface area contributed by atoms with E-state index in [-0.39, 0.29) is 0 Å². The molecule has 0 fully saturated rings. The normalized spacial score (nSPS) is 12.6. The van der Waals surface area contributed by atoms with Gasteiger partial charge in [0.15, 0.2) is 0 Å². The van der Waals surface area contributed by atoms with Gasteiger partial charge < -0.3 is 15.2 Å². The van der Waals surface area contributed by atoms with Crippen LogP contribution in [-0.2, 0) is 4.74 Å². The van der Waals surface area contributed by atoms with Gasteiger partial charge in [0.2, 0.25) is 0 Å². The van der Waals surface area contributed by atoms with Gasteiger partial charge in [-0.15, -0.1) is 0 Å². The molecule has 1 aromatic carbocycles. The molecule has 19 heavy (non-hydrogen) atoms. The third-order valence-electron chi connectivity index (χ3n) is 3.04. The van der Waals surface area contributed by atoms with E-state index in [1.807, 2.05) is 25.1 Å². The molecular weight excluding hydrogens is 240 g/mol. The van der Waals surface area contributed by atoms with E-state index in [0.29, 0.717) is 19.6 Å². The molecule has 4 nitrogen and oxygen atoms in total. The zero-order chi connectivity index (χ0) is 13.7. The van der Waals surface area contributed by atoms with Gasteiger partial charge in [-0.25, -0.2) is 4.98 Å². The second-order valence-corrected chi connectivity index (χ2v) is 4.67. The number of aliphatic hydroxyl groups is 1. The monoisotopic (exact) mass is 260 g/mol. The minimum Gasteiger partial charge on any atom is -0.391 e. The molecule has 0 bridgehead atoms. The summed E-state index contributed by atoms with van der Waals surface area (Å²) in [5, 5.41) is 14.0. The summed E-state index contributed by atoms with van der Waals surface area (Å²) >= 11 is 0. The van der Waals surface area contributed by atoms with E-state index in [1.54, 1.807) is 7.11 Å². The standard InChI is InChI=1S/C15H20N2O2/c1-11-9-12-5-3-4-6-14(12)17-15(11)16-8-7-13(18)10-19-2/h3-6,9,13,18H,7-8,10H2,1-2H3,(H,16,17). The first-order chi connectivity index (χ1) is 9.20. The molecule has 1 aromatic heterocycles. The maximum atomic E-state index is 9.58. The van der Waals surface area contributed by atoms with Gasteiger partial charge in [-0.05, 0) is 31.0 Å². The van der Waals surface area contributed by atoms with Crippen molar-refractivity contribution in [1.82, 2.24) is 4.98 Å². The van der Waals surface area contributed by atoms with E-state index >= 15 is 0 Å². The lowest BCUT2D eigenvalue weighted by molar-refractivity contribution is 0.0615. The lowest BCUT2D eigenvalue weighted by Crippen LogP contribution is -2.18. The number of aromatic nitrogens is 1. The van der Waals surface area contributed by atoms with Crippen molar-refractivity contribution in [2.45, 2.75) is 19.4 Å². The average Bonchev–Trinajstić information content (AvgIpc) is 2.39. The summed E-state index contributed by atoms with van der Waals surface area (Å²) in [7, 11) is 1.59. The number of fused-ring (bicyclic) bond motifs is 1. The van der Waals surface area contributed by atoms with Gasteiger partial charge in [0.1, 0.15) is 5.82 Å². The molecule has 0 saturated heterocycles. The molecule has 1 unspecified atom stereocenters. The number of rotatable bonds is 6. The number of para-hydroxylation sites is 1. The highest BCUT2D eigenvalue weighted by molar-refractivity contribution is 5.81. The summed E-state index contributed by atoms with van der Waals surface area (Å²) in [5.74, 6) is 0.878. The molecule has 1 atom stereocenters. The van der Waals surface area contributed by atoms with Crippen LogP contribution >= 0.6 is 0 Å². The third-order valence-corrected chi connectivity index (χ3v) is 3.04. The van der Waals surface area contributed by atoms with Crippen molar-refractivity contribution in [3.8, 4) is 0 Å². The number of pyridine rings is 1. The Morgan fingerprint density at radius 2 is 2.16 bits per heavy atom. The largest absolute Gasteiger partial charge is 0.391 e. The first-order valence-electron chi connectivity index (χ1n) is 6.48. The first kappa shape index (κ1) is 13.8. The maximum Gasteiger partial charge on any atom is 0.129 e. The Bertz CT molecular complexity index is 543. The molecule has 0 aliphatic heterocycles. The summed E-state index contributed by atoms with van der Waals surface area (Å²) in [5.41, 5.74) is 2.09. The van der Waals surface area contributed by atoms with E-state index in [4.69, 9.17) is 4.74 Å². The van der Waals surface area contributed by atoms with E-state index < -0.39 is 6.10 Å². The zero-order valence-electron chi connectivity index (χ0n) is 11.4. The molecule has 0 radical (unpaired) electrons. The summed E-state index contributed by atoms with van der Waals surface area (Å²) < 4.78 is 4.89. The number of anilines is 1. The fraction of sp³-hybridized carbons (Fsp3) is 0.400. The van der Waals surface area contributed by atoms with E-state index in [9.17, 15) is 5.11 Å². The van der Waals surface area contributed by atoms with E-state index in [0.717, 1.165) is 22.3 Å². The Morgan fingerprint density at radius 3 is 2.95 bits per heavy atom. The highest BCUT2D eigenvalue weighted by Gasteiger charge is 2.05. The van der Waals surface area contributed by atoms with Crippen LogP contribution in [0.1, 0.15) is 12.0 Å². The lowest BCUT2D eigenvalue weighted by atomic mass is 10.1. The van der Waals surface area contributed by atoms with Crippen LogP contribution in [0, 0.1) is 6.92 Å². The quantitative estimate of drug-likeness (QED) is 0.837. The molecular formula is C15H20N2O2. The van der Waals surface area contributed by atoms with Gasteiger partial charge in [-0.3, -0.25) is 0 Å². The Hall–Kier alpha value is -1.65. The number of hydrogen-bond acceptors (Lipinski definition) is 4. The van der Waals surface area contributed by atoms with E-state index in [2.05, 4.69) is 22.4 Å². The number of nitrogens with zero attached hydrogens (tertiary/aromatic N) is 1. The summed E-state index contributed by atoms with van der Waals surface area (Å²) in [6, 6.07) is 10.2. The fourth-order valence-corrected chi connectivity index (χ4v) is 2.03. The number of methoxy groups -OCH3 is 1. The van der Waals surface area contributed by atoms with Crippen molar-refractivity contribution in [3.63, 3.8) is 0 Å². The van der Waals surface area contributed by atoms with Crippen molar-refractivity contribution < 1.29 is 9.84 Å². The molecule has 0 amide bonds. The van der Waals surface area contributed by atoms with Crippen LogP contribution in [0.5, 0.6) is 0 Å². The van der Waals surface area contributed by atoms with Crippen LogP contribution in [-0.4, -0.2) is 36.5 Å². The van der Waals surface area contributed by atoms with Crippen molar-refractivity contribution in [1.29, 1.82) is 0 Å². The van der Waals surface area contributed by atoms with Crippen LogP contribution in [0.15, 0.2) is 30.3 Å². The van der Waals surface area contributed by atoms with Crippen molar-refractivity contribution in [3.05, 3.63) is 35.9 Å². The summed E-state index contributed by atoms with van der Waals surface area (Å²) in [6.45, 7) is 3.08. The molecule has 0 spiro atoms. The minimum atomic E-state index is -0.432. The van der Waals surface area contributed by atoms with Crippen LogP contribution < -0.4 is 5.32 Å². The number of ether oxygens (including phenoxy) is 1. The number of nitrogens with one attached hydrogen (secondary N) is 1. The van der Waals surface area contributed by atoms with Gasteiger partial charge in [0, 0.05) is 19.0 Å². The summed E-state index contributed by atoms with van der Waals surface area (Å²) in [4.78, 5) is 4.59.